The molecule has 0 fully saturated rings. The maximum absolute atomic E-state index is 0. The summed E-state index contributed by atoms with van der Waals surface area (Å²) in [5.41, 5.74) is 0. The summed E-state index contributed by atoms with van der Waals surface area (Å²) in [4.78, 5) is 0. The average molecular weight is 156 g/mol. The predicted octanol–water partition coefficient (Wildman–Crippen LogP) is -3.88. The molecule has 0 aliphatic carbocycles. The van der Waals surface area contributed by atoms with Crippen LogP contribution in [-0.4, -0.2) is 27.4 Å². The zero-order valence-corrected chi connectivity index (χ0v) is 7.30. The molecule has 7 heavy (non-hydrogen) atoms. The molecule has 0 atom stereocenters. The molecule has 0 unspecified atom stereocenters. The Morgan fingerprint density at radius 2 is 0.429 bits per heavy atom. The first-order valence-electron chi connectivity index (χ1n) is 0. The van der Waals surface area contributed by atoms with Crippen molar-refractivity contribution in [3.63, 3.8) is 0 Å². The normalized spacial score (nSPS) is 0. The van der Waals surface area contributed by atoms with Crippen LogP contribution in [0, 0.1) is 0 Å². The third-order valence-electron chi connectivity index (χ3n) is 0. The third-order valence-corrected chi connectivity index (χ3v) is 0. The monoisotopic (exact) mass is 156 g/mol. The van der Waals surface area contributed by atoms with Crippen LogP contribution in [-0.2, 0) is 21.7 Å². The summed E-state index contributed by atoms with van der Waals surface area (Å²) < 4.78 is 0. The summed E-state index contributed by atoms with van der Waals surface area (Å²) in [7, 11) is 0. The van der Waals surface area contributed by atoms with Crippen LogP contribution in [0.3, 0.4) is 0 Å². The maximum Gasteiger partial charge on any atom is 4.00 e. The van der Waals surface area contributed by atoms with Crippen molar-refractivity contribution in [2.24, 2.45) is 0 Å². The second-order valence-electron chi connectivity index (χ2n) is 0. The van der Waals surface area contributed by atoms with Crippen LogP contribution in [0.2, 0.25) is 0 Å². The van der Waals surface area contributed by atoms with Crippen LogP contribution in [0.4, 0.5) is 0 Å². The van der Waals surface area contributed by atoms with E-state index < -0.39 is 0 Å². The Labute approximate surface area is 78.2 Å². The van der Waals surface area contributed by atoms with Crippen LogP contribution < -0.4 is 29.6 Å². The summed E-state index contributed by atoms with van der Waals surface area (Å²) in [6.07, 6.45) is 0. The summed E-state index contributed by atoms with van der Waals surface area (Å²) in [5, 5.41) is 0. The van der Waals surface area contributed by atoms with Gasteiger partial charge in [0.15, 0.2) is 0 Å². The third kappa shape index (κ3) is 99.6. The van der Waals surface area contributed by atoms with E-state index in [1.54, 1.807) is 0 Å². The maximum atomic E-state index is 0. The van der Waals surface area contributed by atoms with E-state index in [9.17, 15) is 0 Å². The van der Waals surface area contributed by atoms with Gasteiger partial charge in [-0.2, -0.15) is 0 Å². The van der Waals surface area contributed by atoms with Gasteiger partial charge in [0.2, 0.25) is 0 Å². The van der Waals surface area contributed by atoms with E-state index in [0.717, 1.165) is 0 Å². The van der Waals surface area contributed by atoms with Crippen molar-refractivity contribution in [1.82, 2.24) is 0 Å². The Bertz CT molecular complexity index is 8.04. The molecule has 7 heteroatoms. The van der Waals surface area contributed by atoms with Gasteiger partial charge in [0.05, 0.1) is 0 Å². The molecular formula is H5NaO5Ti. The van der Waals surface area contributed by atoms with Gasteiger partial charge in [-0.15, -0.1) is 0 Å². The van der Waals surface area contributed by atoms with Crippen molar-refractivity contribution in [2.75, 3.05) is 0 Å². The minimum Gasteiger partial charge on any atom is -0.870 e. The van der Waals surface area contributed by atoms with E-state index in [-0.39, 0.29) is 78.7 Å². The minimum atomic E-state index is 0. The van der Waals surface area contributed by atoms with Gasteiger partial charge in [-0.05, 0) is 0 Å². The van der Waals surface area contributed by atoms with Gasteiger partial charge in [-0.1, -0.05) is 0 Å². The summed E-state index contributed by atoms with van der Waals surface area (Å²) in [6, 6.07) is 0. The van der Waals surface area contributed by atoms with E-state index in [1.165, 1.54) is 0 Å². The number of hydrogen-bond acceptors (Lipinski definition) is 5. The Morgan fingerprint density at radius 1 is 0.429 bits per heavy atom. The summed E-state index contributed by atoms with van der Waals surface area (Å²) >= 11 is 0. The number of rotatable bonds is 0. The van der Waals surface area contributed by atoms with Gasteiger partial charge < -0.3 is 27.4 Å². The molecule has 5 nitrogen and oxygen atoms in total. The fourth-order valence-electron chi connectivity index (χ4n) is 0. The predicted molar refractivity (Wildman–Crippen MR) is 9.68 cm³/mol. The van der Waals surface area contributed by atoms with E-state index in [1.807, 2.05) is 0 Å². The topological polar surface area (TPSA) is 150 Å². The molecule has 0 saturated heterocycles. The molecule has 0 bridgehead atoms. The molecule has 40 valence electrons. The molecule has 0 heterocycles. The van der Waals surface area contributed by atoms with Crippen molar-refractivity contribution in [1.29, 1.82) is 0 Å². The van der Waals surface area contributed by atoms with E-state index in [4.69, 9.17) is 0 Å². The van der Waals surface area contributed by atoms with E-state index in [2.05, 4.69) is 0 Å². The molecule has 0 aliphatic heterocycles. The van der Waals surface area contributed by atoms with Crippen LogP contribution in [0.25, 0.3) is 0 Å². The van der Waals surface area contributed by atoms with Gasteiger partial charge in [-0.3, -0.25) is 0 Å². The first-order chi connectivity index (χ1) is 0. The van der Waals surface area contributed by atoms with Gasteiger partial charge in [-0.25, -0.2) is 0 Å². The van der Waals surface area contributed by atoms with Gasteiger partial charge >= 0.3 is 51.3 Å². The Morgan fingerprint density at radius 3 is 0.429 bits per heavy atom. The standard InChI is InChI=1S/Na.5H2O.Ti/h;5*1H2;/q+1;;;;;;+4/p-5. The van der Waals surface area contributed by atoms with Gasteiger partial charge in [0, 0.05) is 0 Å². The molecule has 0 aromatic rings. The van der Waals surface area contributed by atoms with Gasteiger partial charge in [0.25, 0.3) is 0 Å². The van der Waals surface area contributed by atoms with Crippen LogP contribution in [0.5, 0.6) is 0 Å². The molecular weight excluding hydrogens is 151 g/mol. The smallest absolute Gasteiger partial charge is 0.870 e. The molecule has 0 rings (SSSR count). The fraction of sp³-hybridized carbons (Fsp3) is 0. The second-order valence-corrected chi connectivity index (χ2v) is 0. The molecule has 0 aromatic heterocycles. The largest absolute Gasteiger partial charge is 4.00 e. The van der Waals surface area contributed by atoms with Crippen molar-refractivity contribution in [3.05, 3.63) is 0 Å². The van der Waals surface area contributed by atoms with Crippen molar-refractivity contribution >= 4 is 0 Å². The zero-order chi connectivity index (χ0) is 0. The number of hydrogen-bond donors (Lipinski definition) is 0. The van der Waals surface area contributed by atoms with Crippen LogP contribution in [0.15, 0.2) is 0 Å². The Balaban J connectivity index is 0. The average Bonchev–Trinajstić information content (AvgIpc) is 0. The summed E-state index contributed by atoms with van der Waals surface area (Å²) in [5.74, 6) is 0. The van der Waals surface area contributed by atoms with Crippen molar-refractivity contribution in [2.45, 2.75) is 0 Å². The first-order valence-corrected chi connectivity index (χ1v) is 0. The first kappa shape index (κ1) is 210. The van der Waals surface area contributed by atoms with E-state index >= 15 is 0 Å². The van der Waals surface area contributed by atoms with E-state index in [0.29, 0.717) is 0 Å². The van der Waals surface area contributed by atoms with Crippen LogP contribution in [0.1, 0.15) is 0 Å². The quantitative estimate of drug-likeness (QED) is 0.328. The van der Waals surface area contributed by atoms with Crippen LogP contribution >= 0.6 is 0 Å². The Kier molecular flexibility index (Phi) is 4170. The molecule has 0 spiro atoms. The molecule has 5 N–H and O–H groups in total. The SMILES string of the molecule is [Na+].[OH-].[OH-].[OH-].[OH-].[OH-].[Ti+4]. The Hall–Kier alpha value is 1.51. The van der Waals surface area contributed by atoms with Gasteiger partial charge in [0.1, 0.15) is 0 Å². The second kappa shape index (κ2) is 139. The van der Waals surface area contributed by atoms with Crippen molar-refractivity contribution < 1.29 is 78.7 Å². The summed E-state index contributed by atoms with van der Waals surface area (Å²) in [6.45, 7) is 0. The molecule has 0 amide bonds. The fourth-order valence-corrected chi connectivity index (χ4v) is 0. The molecule has 0 aromatic carbocycles. The molecule has 0 radical (unpaired) electrons. The molecule has 0 aliphatic rings. The minimum absolute atomic E-state index is 0. The zero-order valence-electron chi connectivity index (χ0n) is 3.74. The van der Waals surface area contributed by atoms with Crippen molar-refractivity contribution in [3.8, 4) is 0 Å². The molecule has 0 saturated carbocycles.